The number of nitrogens with one attached hydrogen (secondary N) is 1. The number of anilines is 1. The normalized spacial score (nSPS) is 14.2. The Labute approximate surface area is 145 Å². The van der Waals surface area contributed by atoms with Gasteiger partial charge in [0.2, 0.25) is 5.95 Å². The van der Waals surface area contributed by atoms with E-state index in [2.05, 4.69) is 36.7 Å². The molecule has 24 heavy (non-hydrogen) atoms. The standard InChI is InChI=1S/C16H22N6OS/c1-3-6-13-14(24-21-20-13)15(23)17-10-12-9-11(2)18-16(19-12)22-7-4-5-8-22/h9H,3-8,10H2,1-2H3,(H,17,23). The van der Waals surface area contributed by atoms with Gasteiger partial charge in [0.1, 0.15) is 4.88 Å². The van der Waals surface area contributed by atoms with Crippen LogP contribution >= 0.6 is 11.5 Å². The van der Waals surface area contributed by atoms with Crippen LogP contribution < -0.4 is 10.2 Å². The van der Waals surface area contributed by atoms with E-state index in [9.17, 15) is 4.79 Å². The van der Waals surface area contributed by atoms with Crippen LogP contribution in [0.25, 0.3) is 0 Å². The lowest BCUT2D eigenvalue weighted by molar-refractivity contribution is 0.0953. The minimum absolute atomic E-state index is 0.132. The Morgan fingerprint density at radius 3 is 2.88 bits per heavy atom. The number of hydrogen-bond donors (Lipinski definition) is 1. The van der Waals surface area contributed by atoms with Crippen molar-refractivity contribution in [3.8, 4) is 0 Å². The van der Waals surface area contributed by atoms with Crippen LogP contribution in [0.1, 0.15) is 52.9 Å². The van der Waals surface area contributed by atoms with Crippen molar-refractivity contribution >= 4 is 23.4 Å². The molecule has 2 aromatic heterocycles. The molecule has 1 aliphatic heterocycles. The summed E-state index contributed by atoms with van der Waals surface area (Å²) in [7, 11) is 0. The number of rotatable bonds is 6. The van der Waals surface area contributed by atoms with Crippen LogP contribution in [0.3, 0.4) is 0 Å². The van der Waals surface area contributed by atoms with E-state index in [-0.39, 0.29) is 5.91 Å². The van der Waals surface area contributed by atoms with E-state index < -0.39 is 0 Å². The minimum Gasteiger partial charge on any atom is -0.346 e. The van der Waals surface area contributed by atoms with Crippen molar-refractivity contribution in [2.45, 2.75) is 46.1 Å². The first kappa shape index (κ1) is 16.8. The number of nitrogens with zero attached hydrogens (tertiary/aromatic N) is 5. The maximum Gasteiger partial charge on any atom is 0.265 e. The predicted molar refractivity (Wildman–Crippen MR) is 93.3 cm³/mol. The average Bonchev–Trinajstić information content (AvgIpc) is 3.24. The summed E-state index contributed by atoms with van der Waals surface area (Å²) in [6, 6.07) is 1.91. The second kappa shape index (κ2) is 7.65. The smallest absolute Gasteiger partial charge is 0.265 e. The molecule has 1 N–H and O–H groups in total. The molecule has 8 heteroatoms. The molecule has 128 valence electrons. The van der Waals surface area contributed by atoms with E-state index in [1.165, 1.54) is 12.8 Å². The van der Waals surface area contributed by atoms with Crippen LogP contribution in [0.15, 0.2) is 6.07 Å². The van der Waals surface area contributed by atoms with Gasteiger partial charge in [0.25, 0.3) is 5.91 Å². The van der Waals surface area contributed by atoms with Gasteiger partial charge in [-0.15, -0.1) is 5.10 Å². The van der Waals surface area contributed by atoms with Crippen molar-refractivity contribution in [2.75, 3.05) is 18.0 Å². The predicted octanol–water partition coefficient (Wildman–Crippen LogP) is 2.12. The van der Waals surface area contributed by atoms with Gasteiger partial charge in [-0.05, 0) is 43.8 Å². The van der Waals surface area contributed by atoms with E-state index in [1.54, 1.807) is 0 Å². The molecule has 3 heterocycles. The number of aromatic nitrogens is 4. The average molecular weight is 346 g/mol. The Balaban J connectivity index is 1.67. The maximum absolute atomic E-state index is 12.4. The maximum atomic E-state index is 12.4. The zero-order valence-corrected chi connectivity index (χ0v) is 14.9. The van der Waals surface area contributed by atoms with Crippen molar-refractivity contribution < 1.29 is 4.79 Å². The van der Waals surface area contributed by atoms with Crippen molar-refractivity contribution in [1.29, 1.82) is 0 Å². The molecule has 0 aromatic carbocycles. The second-order valence-electron chi connectivity index (χ2n) is 5.98. The molecule has 3 rings (SSSR count). The highest BCUT2D eigenvalue weighted by atomic mass is 32.1. The lowest BCUT2D eigenvalue weighted by Crippen LogP contribution is -2.25. The van der Waals surface area contributed by atoms with E-state index in [0.29, 0.717) is 11.4 Å². The van der Waals surface area contributed by atoms with Gasteiger partial charge < -0.3 is 10.2 Å². The van der Waals surface area contributed by atoms with Gasteiger partial charge in [-0.1, -0.05) is 17.8 Å². The SMILES string of the molecule is CCCc1nnsc1C(=O)NCc1cc(C)nc(N2CCCC2)n1. The third kappa shape index (κ3) is 3.87. The zero-order valence-electron chi connectivity index (χ0n) is 14.1. The summed E-state index contributed by atoms with van der Waals surface area (Å²) in [6.07, 6.45) is 4.07. The third-order valence-electron chi connectivity index (χ3n) is 3.96. The van der Waals surface area contributed by atoms with Gasteiger partial charge in [0.15, 0.2) is 0 Å². The number of amides is 1. The molecule has 0 spiro atoms. The van der Waals surface area contributed by atoms with Crippen molar-refractivity contribution in [3.63, 3.8) is 0 Å². The van der Waals surface area contributed by atoms with Gasteiger partial charge >= 0.3 is 0 Å². The van der Waals surface area contributed by atoms with Crippen LogP contribution in [0.5, 0.6) is 0 Å². The molecule has 1 saturated heterocycles. The first-order chi connectivity index (χ1) is 11.7. The first-order valence-electron chi connectivity index (χ1n) is 8.36. The van der Waals surface area contributed by atoms with Crippen molar-refractivity contribution in [1.82, 2.24) is 24.9 Å². The quantitative estimate of drug-likeness (QED) is 0.862. The Kier molecular flexibility index (Phi) is 5.34. The fourth-order valence-electron chi connectivity index (χ4n) is 2.80. The highest BCUT2D eigenvalue weighted by molar-refractivity contribution is 7.08. The summed E-state index contributed by atoms with van der Waals surface area (Å²) < 4.78 is 3.90. The van der Waals surface area contributed by atoms with Crippen molar-refractivity contribution in [3.05, 3.63) is 28.0 Å². The lowest BCUT2D eigenvalue weighted by atomic mass is 10.2. The molecule has 0 atom stereocenters. The monoisotopic (exact) mass is 346 g/mol. The van der Waals surface area contributed by atoms with E-state index in [1.807, 2.05) is 13.0 Å². The van der Waals surface area contributed by atoms with Gasteiger partial charge in [0, 0.05) is 18.8 Å². The summed E-state index contributed by atoms with van der Waals surface area (Å²) in [4.78, 5) is 24.3. The zero-order chi connectivity index (χ0) is 16.9. The Morgan fingerprint density at radius 1 is 1.33 bits per heavy atom. The molecule has 0 radical (unpaired) electrons. The fourth-order valence-corrected chi connectivity index (χ4v) is 3.42. The van der Waals surface area contributed by atoms with Gasteiger partial charge in [-0.2, -0.15) is 0 Å². The summed E-state index contributed by atoms with van der Waals surface area (Å²) in [5.74, 6) is 0.635. The first-order valence-corrected chi connectivity index (χ1v) is 9.13. The molecule has 0 bridgehead atoms. The minimum atomic E-state index is -0.132. The summed E-state index contributed by atoms with van der Waals surface area (Å²) in [5.41, 5.74) is 2.52. The molecule has 1 fully saturated rings. The van der Waals surface area contributed by atoms with E-state index in [0.717, 1.165) is 60.5 Å². The molecule has 2 aromatic rings. The summed E-state index contributed by atoms with van der Waals surface area (Å²) in [5, 5.41) is 6.97. The molecule has 1 amide bonds. The fraction of sp³-hybridized carbons (Fsp3) is 0.562. The second-order valence-corrected chi connectivity index (χ2v) is 6.73. The van der Waals surface area contributed by atoms with Gasteiger partial charge in [0.05, 0.1) is 17.9 Å². The molecule has 0 unspecified atom stereocenters. The highest BCUT2D eigenvalue weighted by Gasteiger charge is 2.18. The van der Waals surface area contributed by atoms with Gasteiger partial charge in [-0.3, -0.25) is 4.79 Å². The molecule has 1 aliphatic rings. The van der Waals surface area contributed by atoms with Crippen LogP contribution in [-0.4, -0.2) is 38.6 Å². The molecular weight excluding hydrogens is 324 g/mol. The highest BCUT2D eigenvalue weighted by Crippen LogP contribution is 2.17. The number of aryl methyl sites for hydroxylation is 2. The molecule has 0 aliphatic carbocycles. The number of hydrogen-bond acceptors (Lipinski definition) is 7. The number of carbonyl (C=O) groups is 1. The van der Waals surface area contributed by atoms with Crippen molar-refractivity contribution in [2.24, 2.45) is 0 Å². The molecular formula is C16H22N6OS. The third-order valence-corrected chi connectivity index (χ3v) is 4.73. The molecule has 7 nitrogen and oxygen atoms in total. The Bertz CT molecular complexity index is 710. The largest absolute Gasteiger partial charge is 0.346 e. The Hall–Kier alpha value is -2.09. The summed E-state index contributed by atoms with van der Waals surface area (Å²) >= 11 is 1.15. The van der Waals surface area contributed by atoms with E-state index >= 15 is 0 Å². The van der Waals surface area contributed by atoms with Crippen LogP contribution in [0.2, 0.25) is 0 Å². The topological polar surface area (TPSA) is 83.9 Å². The molecule has 0 saturated carbocycles. The summed E-state index contributed by atoms with van der Waals surface area (Å²) in [6.45, 7) is 6.40. The van der Waals surface area contributed by atoms with Gasteiger partial charge in [-0.25, -0.2) is 9.97 Å². The lowest BCUT2D eigenvalue weighted by Gasteiger charge is -2.16. The van der Waals surface area contributed by atoms with E-state index in [4.69, 9.17) is 0 Å². The van der Waals surface area contributed by atoms with Crippen LogP contribution in [0, 0.1) is 6.92 Å². The number of carbonyl (C=O) groups excluding carboxylic acids is 1. The van der Waals surface area contributed by atoms with Crippen LogP contribution in [-0.2, 0) is 13.0 Å². The van der Waals surface area contributed by atoms with Crippen LogP contribution in [0.4, 0.5) is 5.95 Å². The Morgan fingerprint density at radius 2 is 2.12 bits per heavy atom.